The number of benzene rings is 2. The number of anilines is 1. The molecule has 2 N–H and O–H groups in total. The molecule has 0 aliphatic carbocycles. The van der Waals surface area contributed by atoms with Crippen LogP contribution < -0.4 is 10.6 Å². The smallest absolute Gasteiger partial charge is 0.0428 e. The highest BCUT2D eigenvalue weighted by Crippen LogP contribution is 2.24. The highest BCUT2D eigenvalue weighted by Gasteiger charge is 2.10. The lowest BCUT2D eigenvalue weighted by atomic mass is 10.0. The van der Waals surface area contributed by atoms with Gasteiger partial charge < -0.3 is 10.6 Å². The minimum Gasteiger partial charge on any atom is -0.370 e. The molecule has 0 fully saturated rings. The van der Waals surface area contributed by atoms with Gasteiger partial charge in [0.05, 0.1) is 0 Å². The van der Waals surface area contributed by atoms with Crippen molar-refractivity contribution in [1.82, 2.24) is 0 Å². The first-order chi connectivity index (χ1) is 9.97. The van der Waals surface area contributed by atoms with Gasteiger partial charge in [-0.1, -0.05) is 42.0 Å². The molecule has 0 aliphatic rings. The molecular formula is C19H26N2. The molecule has 0 heterocycles. The lowest BCUT2D eigenvalue weighted by Gasteiger charge is -2.24. The lowest BCUT2D eigenvalue weighted by molar-refractivity contribution is 0.733. The molecule has 112 valence electrons. The van der Waals surface area contributed by atoms with Gasteiger partial charge in [-0.05, 0) is 49.9 Å². The van der Waals surface area contributed by atoms with Crippen LogP contribution in [0.15, 0.2) is 42.5 Å². The largest absolute Gasteiger partial charge is 0.370 e. The number of aryl methyl sites for hydroxylation is 2. The molecule has 0 aromatic heterocycles. The Kier molecular flexibility index (Phi) is 5.03. The molecule has 1 atom stereocenters. The van der Waals surface area contributed by atoms with Crippen molar-refractivity contribution in [2.45, 2.75) is 39.8 Å². The lowest BCUT2D eigenvalue weighted by Crippen LogP contribution is -2.22. The Morgan fingerprint density at radius 2 is 1.76 bits per heavy atom. The van der Waals surface area contributed by atoms with E-state index >= 15 is 0 Å². The first-order valence-electron chi connectivity index (χ1n) is 7.58. The van der Waals surface area contributed by atoms with Gasteiger partial charge in [0.25, 0.3) is 0 Å². The molecule has 2 heteroatoms. The minimum absolute atomic E-state index is 0.178. The zero-order valence-electron chi connectivity index (χ0n) is 13.6. The summed E-state index contributed by atoms with van der Waals surface area (Å²) in [6, 6.07) is 15.4. The van der Waals surface area contributed by atoms with E-state index < -0.39 is 0 Å². The SMILES string of the molecule is Cc1ccc(N(C)Cc2ccccc2C)c(CC(C)N)c1. The van der Waals surface area contributed by atoms with Gasteiger partial charge in [0.1, 0.15) is 0 Å². The predicted molar refractivity (Wildman–Crippen MR) is 91.8 cm³/mol. The molecule has 2 rings (SSSR count). The second kappa shape index (κ2) is 6.77. The van der Waals surface area contributed by atoms with Gasteiger partial charge in [-0.15, -0.1) is 0 Å². The molecule has 0 spiro atoms. The van der Waals surface area contributed by atoms with Crippen molar-refractivity contribution in [2.75, 3.05) is 11.9 Å². The summed E-state index contributed by atoms with van der Waals surface area (Å²) < 4.78 is 0. The van der Waals surface area contributed by atoms with E-state index in [9.17, 15) is 0 Å². The fraction of sp³-hybridized carbons (Fsp3) is 0.368. The van der Waals surface area contributed by atoms with Crippen LogP contribution in [0.5, 0.6) is 0 Å². The monoisotopic (exact) mass is 282 g/mol. The maximum absolute atomic E-state index is 6.00. The molecule has 0 radical (unpaired) electrons. The van der Waals surface area contributed by atoms with Crippen molar-refractivity contribution >= 4 is 5.69 Å². The van der Waals surface area contributed by atoms with Crippen molar-refractivity contribution in [3.8, 4) is 0 Å². The average molecular weight is 282 g/mol. The molecule has 2 aromatic rings. The Bertz CT molecular complexity index is 602. The average Bonchev–Trinajstić information content (AvgIpc) is 2.40. The van der Waals surface area contributed by atoms with Crippen molar-refractivity contribution in [2.24, 2.45) is 5.73 Å². The third-order valence-electron chi connectivity index (χ3n) is 3.86. The van der Waals surface area contributed by atoms with Crippen molar-refractivity contribution < 1.29 is 0 Å². The summed E-state index contributed by atoms with van der Waals surface area (Å²) in [7, 11) is 2.15. The maximum atomic E-state index is 6.00. The van der Waals surface area contributed by atoms with E-state index in [1.165, 1.54) is 27.9 Å². The minimum atomic E-state index is 0.178. The zero-order valence-corrected chi connectivity index (χ0v) is 13.6. The third kappa shape index (κ3) is 4.08. The van der Waals surface area contributed by atoms with Gasteiger partial charge in [0.2, 0.25) is 0 Å². The Hall–Kier alpha value is -1.80. The van der Waals surface area contributed by atoms with Crippen LogP contribution in [-0.4, -0.2) is 13.1 Å². The quantitative estimate of drug-likeness (QED) is 0.903. The molecule has 0 saturated carbocycles. The normalized spacial score (nSPS) is 12.2. The first-order valence-corrected chi connectivity index (χ1v) is 7.58. The summed E-state index contributed by atoms with van der Waals surface area (Å²) >= 11 is 0. The second-order valence-corrected chi connectivity index (χ2v) is 6.10. The van der Waals surface area contributed by atoms with E-state index in [0.717, 1.165) is 13.0 Å². The van der Waals surface area contributed by atoms with Gasteiger partial charge in [0, 0.05) is 25.3 Å². The summed E-state index contributed by atoms with van der Waals surface area (Å²) in [4.78, 5) is 2.32. The Morgan fingerprint density at radius 3 is 2.43 bits per heavy atom. The summed E-state index contributed by atoms with van der Waals surface area (Å²) in [5, 5.41) is 0. The van der Waals surface area contributed by atoms with Gasteiger partial charge in [-0.3, -0.25) is 0 Å². The maximum Gasteiger partial charge on any atom is 0.0428 e. The highest BCUT2D eigenvalue weighted by molar-refractivity contribution is 5.55. The van der Waals surface area contributed by atoms with Gasteiger partial charge >= 0.3 is 0 Å². The van der Waals surface area contributed by atoms with Gasteiger partial charge in [-0.25, -0.2) is 0 Å². The number of nitrogens with two attached hydrogens (primary N) is 1. The van der Waals surface area contributed by atoms with Crippen LogP contribution in [0.3, 0.4) is 0 Å². The highest BCUT2D eigenvalue weighted by atomic mass is 15.1. The molecule has 21 heavy (non-hydrogen) atoms. The van der Waals surface area contributed by atoms with E-state index in [1.807, 2.05) is 0 Å². The Morgan fingerprint density at radius 1 is 1.05 bits per heavy atom. The molecule has 0 saturated heterocycles. The third-order valence-corrected chi connectivity index (χ3v) is 3.86. The molecule has 0 amide bonds. The molecule has 2 aromatic carbocycles. The fourth-order valence-corrected chi connectivity index (χ4v) is 2.73. The van der Waals surface area contributed by atoms with E-state index in [1.54, 1.807) is 0 Å². The number of rotatable bonds is 5. The van der Waals surface area contributed by atoms with Gasteiger partial charge in [0.15, 0.2) is 0 Å². The summed E-state index contributed by atoms with van der Waals surface area (Å²) in [5.74, 6) is 0. The molecular weight excluding hydrogens is 256 g/mol. The van der Waals surface area contributed by atoms with Crippen LogP contribution in [0.4, 0.5) is 5.69 Å². The van der Waals surface area contributed by atoms with Gasteiger partial charge in [-0.2, -0.15) is 0 Å². The second-order valence-electron chi connectivity index (χ2n) is 6.10. The van der Waals surface area contributed by atoms with Crippen LogP contribution in [0, 0.1) is 13.8 Å². The van der Waals surface area contributed by atoms with Crippen LogP contribution in [0.1, 0.15) is 29.2 Å². The number of hydrogen-bond donors (Lipinski definition) is 1. The van der Waals surface area contributed by atoms with E-state index in [4.69, 9.17) is 5.73 Å². The standard InChI is InChI=1S/C19H26N2/c1-14-9-10-19(18(11-14)12-16(3)20)21(4)13-17-8-6-5-7-15(17)2/h5-11,16H,12-13,20H2,1-4H3. The molecule has 0 bridgehead atoms. The fourth-order valence-electron chi connectivity index (χ4n) is 2.73. The molecule has 2 nitrogen and oxygen atoms in total. The van der Waals surface area contributed by atoms with E-state index in [2.05, 4.69) is 75.2 Å². The Labute approximate surface area is 128 Å². The van der Waals surface area contributed by atoms with E-state index in [0.29, 0.717) is 0 Å². The van der Waals surface area contributed by atoms with Crippen molar-refractivity contribution in [3.05, 3.63) is 64.7 Å². The first kappa shape index (κ1) is 15.6. The van der Waals surface area contributed by atoms with Crippen LogP contribution in [0.25, 0.3) is 0 Å². The van der Waals surface area contributed by atoms with Crippen LogP contribution >= 0.6 is 0 Å². The summed E-state index contributed by atoms with van der Waals surface area (Å²) in [6.07, 6.45) is 0.912. The van der Waals surface area contributed by atoms with E-state index in [-0.39, 0.29) is 6.04 Å². The summed E-state index contributed by atoms with van der Waals surface area (Å²) in [6.45, 7) is 7.28. The van der Waals surface area contributed by atoms with Crippen LogP contribution in [-0.2, 0) is 13.0 Å². The molecule has 1 unspecified atom stereocenters. The predicted octanol–water partition coefficient (Wildman–Crippen LogP) is 3.83. The zero-order chi connectivity index (χ0) is 15.4. The number of hydrogen-bond acceptors (Lipinski definition) is 2. The van der Waals surface area contributed by atoms with Crippen molar-refractivity contribution in [3.63, 3.8) is 0 Å². The van der Waals surface area contributed by atoms with Crippen LogP contribution in [0.2, 0.25) is 0 Å². The topological polar surface area (TPSA) is 29.3 Å². The molecule has 0 aliphatic heterocycles. The van der Waals surface area contributed by atoms with Crippen molar-refractivity contribution in [1.29, 1.82) is 0 Å². The number of nitrogens with zero attached hydrogens (tertiary/aromatic N) is 1. The summed E-state index contributed by atoms with van der Waals surface area (Å²) in [5.41, 5.74) is 12.6. The Balaban J connectivity index is 2.26.